The van der Waals surface area contributed by atoms with E-state index in [1.165, 1.54) is 37.6 Å². The lowest BCUT2D eigenvalue weighted by Crippen LogP contribution is -2.44. The minimum absolute atomic E-state index is 0.101. The van der Waals surface area contributed by atoms with Crippen molar-refractivity contribution in [1.82, 2.24) is 10.7 Å². The first kappa shape index (κ1) is 17.6. The number of rotatable bonds is 4. The van der Waals surface area contributed by atoms with Gasteiger partial charge in [-0.15, -0.1) is 0 Å². The molecule has 0 spiro atoms. The Kier molecular flexibility index (Phi) is 6.29. The van der Waals surface area contributed by atoms with Crippen molar-refractivity contribution in [1.29, 1.82) is 0 Å². The van der Waals surface area contributed by atoms with Crippen LogP contribution in [0.5, 0.6) is 0 Å². The Morgan fingerprint density at radius 1 is 1.48 bits per heavy atom. The van der Waals surface area contributed by atoms with Gasteiger partial charge in [0, 0.05) is 17.7 Å². The molecule has 1 saturated carbocycles. The molecule has 0 radical (unpaired) electrons. The summed E-state index contributed by atoms with van der Waals surface area (Å²) in [4.78, 5) is 10.3. The van der Waals surface area contributed by atoms with E-state index in [1.807, 2.05) is 0 Å². The maximum absolute atomic E-state index is 10.8. The number of hydrazone groups is 1. The molecule has 124 valence electrons. The summed E-state index contributed by atoms with van der Waals surface area (Å²) in [5.74, 6) is 0.589. The smallest absolute Gasteiger partial charge is 0.288 e. The first-order chi connectivity index (χ1) is 11.0. The van der Waals surface area contributed by atoms with Crippen molar-refractivity contribution in [3.8, 4) is 0 Å². The van der Waals surface area contributed by atoms with Crippen LogP contribution in [0.15, 0.2) is 23.3 Å². The van der Waals surface area contributed by atoms with E-state index < -0.39 is 4.92 Å². The van der Waals surface area contributed by atoms with Crippen molar-refractivity contribution < 1.29 is 4.92 Å². The van der Waals surface area contributed by atoms with E-state index in [2.05, 4.69) is 22.8 Å². The summed E-state index contributed by atoms with van der Waals surface area (Å²) in [6, 6.07) is 4.87. The van der Waals surface area contributed by atoms with Gasteiger partial charge < -0.3 is 5.32 Å². The number of nitro benzene ring substituents is 1. The molecular formula is C15H19ClN4O2S. The molecule has 0 heterocycles. The van der Waals surface area contributed by atoms with Crippen LogP contribution in [0.25, 0.3) is 0 Å². The Bertz CT molecular complexity index is 623. The van der Waals surface area contributed by atoms with Gasteiger partial charge in [-0.25, -0.2) is 0 Å². The molecule has 2 rings (SSSR count). The van der Waals surface area contributed by atoms with Crippen LogP contribution >= 0.6 is 23.8 Å². The zero-order chi connectivity index (χ0) is 16.8. The Balaban J connectivity index is 1.89. The summed E-state index contributed by atoms with van der Waals surface area (Å²) in [5, 5.41) is 18.7. The van der Waals surface area contributed by atoms with E-state index >= 15 is 0 Å². The van der Waals surface area contributed by atoms with Gasteiger partial charge in [0.05, 0.1) is 11.1 Å². The van der Waals surface area contributed by atoms with Gasteiger partial charge in [-0.3, -0.25) is 15.5 Å². The Labute approximate surface area is 145 Å². The zero-order valence-electron chi connectivity index (χ0n) is 12.8. The third-order valence-electron chi connectivity index (χ3n) is 3.97. The fourth-order valence-corrected chi connectivity index (χ4v) is 3.04. The van der Waals surface area contributed by atoms with Crippen molar-refractivity contribution in [2.24, 2.45) is 11.0 Å². The molecule has 2 atom stereocenters. The summed E-state index contributed by atoms with van der Waals surface area (Å²) < 4.78 is 0. The molecule has 0 aliphatic heterocycles. The first-order valence-electron chi connectivity index (χ1n) is 7.51. The zero-order valence-corrected chi connectivity index (χ0v) is 14.4. The second-order valence-corrected chi connectivity index (χ2v) is 6.50. The predicted molar refractivity (Wildman–Crippen MR) is 96.0 cm³/mol. The Morgan fingerprint density at radius 2 is 2.22 bits per heavy atom. The van der Waals surface area contributed by atoms with Crippen molar-refractivity contribution in [2.75, 3.05) is 0 Å². The van der Waals surface area contributed by atoms with Gasteiger partial charge in [-0.2, -0.15) is 5.10 Å². The number of hydrogen-bond acceptors (Lipinski definition) is 4. The molecule has 0 saturated heterocycles. The highest BCUT2D eigenvalue weighted by Crippen LogP contribution is 2.24. The molecule has 8 heteroatoms. The van der Waals surface area contributed by atoms with Crippen molar-refractivity contribution in [2.45, 2.75) is 38.6 Å². The summed E-state index contributed by atoms with van der Waals surface area (Å²) in [6.07, 6.45) is 6.27. The Hall–Kier alpha value is -1.73. The minimum Gasteiger partial charge on any atom is -0.358 e. The minimum atomic E-state index is -0.524. The molecule has 6 nitrogen and oxygen atoms in total. The van der Waals surface area contributed by atoms with Crippen LogP contribution in [0, 0.1) is 16.0 Å². The molecule has 23 heavy (non-hydrogen) atoms. The van der Waals surface area contributed by atoms with E-state index in [9.17, 15) is 10.1 Å². The highest BCUT2D eigenvalue weighted by atomic mass is 35.5. The molecule has 0 amide bonds. The maximum Gasteiger partial charge on any atom is 0.288 e. The van der Waals surface area contributed by atoms with E-state index in [-0.39, 0.29) is 10.7 Å². The van der Waals surface area contributed by atoms with Crippen LogP contribution in [0.2, 0.25) is 5.02 Å². The van der Waals surface area contributed by atoms with Gasteiger partial charge in [-0.1, -0.05) is 37.4 Å². The third-order valence-corrected chi connectivity index (χ3v) is 4.50. The third kappa shape index (κ3) is 5.14. The summed E-state index contributed by atoms with van der Waals surface area (Å²) in [7, 11) is 0. The van der Waals surface area contributed by atoms with E-state index in [4.69, 9.17) is 23.8 Å². The van der Waals surface area contributed by atoms with Crippen LogP contribution in [0.1, 0.15) is 38.2 Å². The monoisotopic (exact) mass is 354 g/mol. The number of thiocarbonyl (C=S) groups is 1. The standard InChI is InChI=1S/C15H19ClN4O2S/c1-10-4-2-3-5-13(10)18-15(23)19-17-9-11-6-7-12(16)14(8-11)20(21)22/h6-10,13H,2-5H2,1H3,(H2,18,19,23)/b17-9-/t10-,13+/m1/s1. The lowest BCUT2D eigenvalue weighted by atomic mass is 9.86. The molecule has 0 unspecified atom stereocenters. The number of hydrogen-bond donors (Lipinski definition) is 2. The quantitative estimate of drug-likeness (QED) is 0.373. The predicted octanol–water partition coefficient (Wildman–Crippen LogP) is 3.62. The second-order valence-electron chi connectivity index (χ2n) is 5.68. The fourth-order valence-electron chi connectivity index (χ4n) is 2.65. The molecule has 2 N–H and O–H groups in total. The first-order valence-corrected chi connectivity index (χ1v) is 8.29. The van der Waals surface area contributed by atoms with Crippen LogP contribution in [-0.2, 0) is 0 Å². The van der Waals surface area contributed by atoms with Crippen molar-refractivity contribution in [3.05, 3.63) is 38.9 Å². The SMILES string of the molecule is C[C@@H]1CCCC[C@@H]1NC(=S)N/N=C\c1ccc(Cl)c([N+](=O)[O-])c1. The highest BCUT2D eigenvalue weighted by molar-refractivity contribution is 7.80. The average Bonchev–Trinajstić information content (AvgIpc) is 2.51. The van der Waals surface area contributed by atoms with Gasteiger partial charge in [-0.05, 0) is 37.0 Å². The highest BCUT2D eigenvalue weighted by Gasteiger charge is 2.21. The van der Waals surface area contributed by atoms with E-state index in [1.54, 1.807) is 6.07 Å². The summed E-state index contributed by atoms with van der Waals surface area (Å²) in [5.41, 5.74) is 3.17. The van der Waals surface area contributed by atoms with Crippen LogP contribution in [-0.4, -0.2) is 22.3 Å². The largest absolute Gasteiger partial charge is 0.358 e. The lowest BCUT2D eigenvalue weighted by molar-refractivity contribution is -0.384. The van der Waals surface area contributed by atoms with Gasteiger partial charge >= 0.3 is 0 Å². The number of benzene rings is 1. The molecule has 1 fully saturated rings. The normalized spacial score (nSPS) is 21.1. The number of nitrogens with one attached hydrogen (secondary N) is 2. The van der Waals surface area contributed by atoms with Crippen molar-refractivity contribution in [3.63, 3.8) is 0 Å². The molecule has 1 aromatic rings. The Morgan fingerprint density at radius 3 is 2.91 bits per heavy atom. The van der Waals surface area contributed by atoms with Crippen LogP contribution in [0.3, 0.4) is 0 Å². The second kappa shape index (κ2) is 8.21. The van der Waals surface area contributed by atoms with E-state index in [0.29, 0.717) is 22.6 Å². The molecule has 1 aliphatic carbocycles. The molecule has 0 aromatic heterocycles. The number of halogens is 1. The lowest BCUT2D eigenvalue weighted by Gasteiger charge is -2.30. The number of nitro groups is 1. The maximum atomic E-state index is 10.8. The van der Waals surface area contributed by atoms with Gasteiger partial charge in [0.2, 0.25) is 0 Å². The van der Waals surface area contributed by atoms with Crippen molar-refractivity contribution >= 4 is 40.8 Å². The molecule has 0 bridgehead atoms. The average molecular weight is 355 g/mol. The number of nitrogens with zero attached hydrogens (tertiary/aromatic N) is 2. The molecule has 1 aliphatic rings. The topological polar surface area (TPSA) is 79.6 Å². The van der Waals surface area contributed by atoms with Gasteiger partial charge in [0.1, 0.15) is 5.02 Å². The van der Waals surface area contributed by atoms with Crippen LogP contribution < -0.4 is 10.7 Å². The van der Waals surface area contributed by atoms with Gasteiger partial charge in [0.15, 0.2) is 5.11 Å². The van der Waals surface area contributed by atoms with Gasteiger partial charge in [0.25, 0.3) is 5.69 Å². The fraction of sp³-hybridized carbons (Fsp3) is 0.467. The molecular weight excluding hydrogens is 336 g/mol. The van der Waals surface area contributed by atoms with Crippen LogP contribution in [0.4, 0.5) is 5.69 Å². The molecule has 1 aromatic carbocycles. The summed E-state index contributed by atoms with van der Waals surface area (Å²) in [6.45, 7) is 2.22. The summed E-state index contributed by atoms with van der Waals surface area (Å²) >= 11 is 11.0. The van der Waals surface area contributed by atoms with E-state index in [0.717, 1.165) is 6.42 Å².